The Labute approximate surface area is 117 Å². The third-order valence-corrected chi connectivity index (χ3v) is 4.12. The van der Waals surface area contributed by atoms with Crippen LogP contribution in [0.2, 0.25) is 0 Å². The molecule has 0 amide bonds. The molecule has 19 heavy (non-hydrogen) atoms. The second-order valence-electron chi connectivity index (χ2n) is 4.86. The minimum Gasteiger partial charge on any atom is -0.310 e. The number of hydrogen-bond donors (Lipinski definition) is 1. The quantitative estimate of drug-likeness (QED) is 0.875. The Bertz CT molecular complexity index is 549. The lowest BCUT2D eigenvalue weighted by Crippen LogP contribution is -2.14. The zero-order valence-electron chi connectivity index (χ0n) is 10.6. The van der Waals surface area contributed by atoms with Crippen molar-refractivity contribution in [2.75, 3.05) is 0 Å². The van der Waals surface area contributed by atoms with E-state index in [4.69, 9.17) is 0 Å². The molecular formula is C16H16FNS. The van der Waals surface area contributed by atoms with E-state index in [2.05, 4.69) is 29.6 Å². The second-order valence-corrected chi connectivity index (χ2v) is 6.01. The molecule has 1 saturated carbocycles. The Hall–Kier alpha value is -1.32. The summed E-state index contributed by atoms with van der Waals surface area (Å²) in [6.45, 7) is 0.940. The summed E-state index contributed by atoms with van der Waals surface area (Å²) in [6, 6.07) is 15.9. The van der Waals surface area contributed by atoms with E-state index in [1.165, 1.54) is 24.5 Å². The van der Waals surface area contributed by atoms with Crippen LogP contribution in [-0.4, -0.2) is 6.04 Å². The highest BCUT2D eigenvalue weighted by Gasteiger charge is 2.19. The van der Waals surface area contributed by atoms with Gasteiger partial charge in [0, 0.05) is 22.4 Å². The van der Waals surface area contributed by atoms with Crippen molar-refractivity contribution in [3.8, 4) is 0 Å². The predicted molar refractivity (Wildman–Crippen MR) is 76.8 cm³/mol. The van der Waals surface area contributed by atoms with Crippen LogP contribution < -0.4 is 5.32 Å². The third kappa shape index (κ3) is 3.82. The van der Waals surface area contributed by atoms with Crippen LogP contribution in [0, 0.1) is 5.82 Å². The van der Waals surface area contributed by atoms with Crippen molar-refractivity contribution in [3.05, 3.63) is 59.9 Å². The number of hydrogen-bond acceptors (Lipinski definition) is 2. The average molecular weight is 273 g/mol. The Balaban J connectivity index is 1.61. The highest BCUT2D eigenvalue weighted by atomic mass is 32.2. The third-order valence-electron chi connectivity index (χ3n) is 3.13. The molecule has 0 spiro atoms. The lowest BCUT2D eigenvalue weighted by molar-refractivity contribution is 0.624. The SMILES string of the molecule is Fc1cccc(Sc2ccc(CNC3CC3)cc2)c1. The molecule has 1 nitrogen and oxygen atoms in total. The Morgan fingerprint density at radius 2 is 1.84 bits per heavy atom. The minimum atomic E-state index is -0.185. The maximum absolute atomic E-state index is 13.1. The fourth-order valence-corrected chi connectivity index (χ4v) is 2.75. The smallest absolute Gasteiger partial charge is 0.124 e. The molecule has 1 fully saturated rings. The van der Waals surface area contributed by atoms with E-state index in [9.17, 15) is 4.39 Å². The molecule has 2 aromatic carbocycles. The van der Waals surface area contributed by atoms with Crippen molar-refractivity contribution in [1.29, 1.82) is 0 Å². The van der Waals surface area contributed by atoms with E-state index in [0.717, 1.165) is 22.4 Å². The molecule has 98 valence electrons. The van der Waals surface area contributed by atoms with Crippen LogP contribution in [0.25, 0.3) is 0 Å². The summed E-state index contributed by atoms with van der Waals surface area (Å²) in [6.07, 6.45) is 2.63. The molecular weight excluding hydrogens is 257 g/mol. The van der Waals surface area contributed by atoms with Crippen LogP contribution in [0.15, 0.2) is 58.3 Å². The van der Waals surface area contributed by atoms with Gasteiger partial charge in [-0.3, -0.25) is 0 Å². The van der Waals surface area contributed by atoms with Gasteiger partial charge in [-0.05, 0) is 48.7 Å². The molecule has 3 rings (SSSR count). The molecule has 1 N–H and O–H groups in total. The summed E-state index contributed by atoms with van der Waals surface area (Å²) >= 11 is 1.59. The summed E-state index contributed by atoms with van der Waals surface area (Å²) < 4.78 is 13.1. The summed E-state index contributed by atoms with van der Waals surface area (Å²) in [5.41, 5.74) is 1.30. The van der Waals surface area contributed by atoms with Crippen molar-refractivity contribution < 1.29 is 4.39 Å². The van der Waals surface area contributed by atoms with Crippen LogP contribution in [0.4, 0.5) is 4.39 Å². The van der Waals surface area contributed by atoms with Crippen LogP contribution in [0.3, 0.4) is 0 Å². The van der Waals surface area contributed by atoms with E-state index < -0.39 is 0 Å². The van der Waals surface area contributed by atoms with Crippen LogP contribution in [0.5, 0.6) is 0 Å². The first-order valence-electron chi connectivity index (χ1n) is 6.55. The van der Waals surface area contributed by atoms with Gasteiger partial charge in [-0.25, -0.2) is 4.39 Å². The molecule has 0 bridgehead atoms. The normalized spacial score (nSPS) is 14.6. The lowest BCUT2D eigenvalue weighted by atomic mass is 10.2. The van der Waals surface area contributed by atoms with E-state index in [1.807, 2.05) is 6.07 Å². The zero-order valence-corrected chi connectivity index (χ0v) is 11.4. The first kappa shape index (κ1) is 12.7. The molecule has 0 aliphatic heterocycles. The van der Waals surface area contributed by atoms with Gasteiger partial charge < -0.3 is 5.32 Å². The summed E-state index contributed by atoms with van der Waals surface area (Å²) in [5.74, 6) is -0.185. The van der Waals surface area contributed by atoms with Crippen molar-refractivity contribution >= 4 is 11.8 Å². The number of rotatable bonds is 5. The summed E-state index contributed by atoms with van der Waals surface area (Å²) in [5, 5.41) is 3.49. The van der Waals surface area contributed by atoms with Gasteiger partial charge in [0.25, 0.3) is 0 Å². The molecule has 3 heteroatoms. The van der Waals surface area contributed by atoms with Gasteiger partial charge >= 0.3 is 0 Å². The molecule has 1 aliphatic rings. The van der Waals surface area contributed by atoms with Gasteiger partial charge in [-0.2, -0.15) is 0 Å². The van der Waals surface area contributed by atoms with Gasteiger partial charge in [0.15, 0.2) is 0 Å². The van der Waals surface area contributed by atoms with Gasteiger partial charge in [-0.15, -0.1) is 0 Å². The summed E-state index contributed by atoms with van der Waals surface area (Å²) in [7, 11) is 0. The lowest BCUT2D eigenvalue weighted by Gasteiger charge is -2.05. The number of nitrogens with one attached hydrogen (secondary N) is 1. The van der Waals surface area contributed by atoms with E-state index in [-0.39, 0.29) is 5.82 Å². The predicted octanol–water partition coefficient (Wildman–Crippen LogP) is 4.23. The van der Waals surface area contributed by atoms with Crippen molar-refractivity contribution in [2.24, 2.45) is 0 Å². The molecule has 0 unspecified atom stereocenters. The van der Waals surface area contributed by atoms with Gasteiger partial charge in [0.05, 0.1) is 0 Å². The molecule has 0 heterocycles. The molecule has 0 saturated heterocycles. The second kappa shape index (κ2) is 5.76. The Kier molecular flexibility index (Phi) is 3.85. The first-order valence-corrected chi connectivity index (χ1v) is 7.37. The number of benzene rings is 2. The summed E-state index contributed by atoms with van der Waals surface area (Å²) in [4.78, 5) is 2.07. The van der Waals surface area contributed by atoms with Crippen molar-refractivity contribution in [2.45, 2.75) is 35.2 Å². The molecule has 2 aromatic rings. The zero-order chi connectivity index (χ0) is 13.1. The fraction of sp³-hybridized carbons (Fsp3) is 0.250. The molecule has 0 radical (unpaired) electrons. The first-order chi connectivity index (χ1) is 9.29. The molecule has 1 aliphatic carbocycles. The van der Waals surface area contributed by atoms with E-state index in [1.54, 1.807) is 23.9 Å². The fourth-order valence-electron chi connectivity index (χ4n) is 1.89. The van der Waals surface area contributed by atoms with Gasteiger partial charge in [0.2, 0.25) is 0 Å². The topological polar surface area (TPSA) is 12.0 Å². The van der Waals surface area contributed by atoms with E-state index >= 15 is 0 Å². The highest BCUT2D eigenvalue weighted by Crippen LogP contribution is 2.28. The van der Waals surface area contributed by atoms with Crippen LogP contribution >= 0.6 is 11.8 Å². The van der Waals surface area contributed by atoms with Crippen LogP contribution in [0.1, 0.15) is 18.4 Å². The van der Waals surface area contributed by atoms with Crippen molar-refractivity contribution in [1.82, 2.24) is 5.32 Å². The monoisotopic (exact) mass is 273 g/mol. The largest absolute Gasteiger partial charge is 0.310 e. The maximum atomic E-state index is 13.1. The minimum absolute atomic E-state index is 0.185. The number of halogens is 1. The Morgan fingerprint density at radius 1 is 1.05 bits per heavy atom. The maximum Gasteiger partial charge on any atom is 0.124 e. The molecule has 0 aromatic heterocycles. The van der Waals surface area contributed by atoms with Gasteiger partial charge in [0.1, 0.15) is 5.82 Å². The standard InChI is InChI=1S/C16H16FNS/c17-13-2-1-3-16(10-13)19-15-8-4-12(5-9-15)11-18-14-6-7-14/h1-5,8-10,14,18H,6-7,11H2. The van der Waals surface area contributed by atoms with Crippen LogP contribution in [-0.2, 0) is 6.54 Å². The average Bonchev–Trinajstić information content (AvgIpc) is 3.22. The highest BCUT2D eigenvalue weighted by molar-refractivity contribution is 7.99. The van der Waals surface area contributed by atoms with Crippen molar-refractivity contribution in [3.63, 3.8) is 0 Å². The molecule has 0 atom stereocenters. The van der Waals surface area contributed by atoms with E-state index in [0.29, 0.717) is 0 Å². The Morgan fingerprint density at radius 3 is 2.53 bits per heavy atom. The van der Waals surface area contributed by atoms with Gasteiger partial charge in [-0.1, -0.05) is 30.0 Å².